The summed E-state index contributed by atoms with van der Waals surface area (Å²) in [6, 6.07) is 0.613. The van der Waals surface area contributed by atoms with Gasteiger partial charge in [-0.05, 0) is 31.5 Å². The maximum absolute atomic E-state index is 13.0. The van der Waals surface area contributed by atoms with E-state index in [-0.39, 0.29) is 5.56 Å². The average molecular weight is 276 g/mol. The molecule has 19 heavy (non-hydrogen) atoms. The highest BCUT2D eigenvalue weighted by molar-refractivity contribution is 5.29. The quantitative estimate of drug-likeness (QED) is 0.777. The topological polar surface area (TPSA) is 34.1 Å². The molecule has 0 aromatic carbocycles. The fourth-order valence-electron chi connectivity index (χ4n) is 1.90. The molecule has 0 aliphatic rings. The first-order valence-electron chi connectivity index (χ1n) is 6.32. The van der Waals surface area contributed by atoms with E-state index >= 15 is 0 Å². The Labute approximate surface area is 111 Å². The summed E-state index contributed by atoms with van der Waals surface area (Å²) < 4.78 is 44.1. The summed E-state index contributed by atoms with van der Waals surface area (Å²) >= 11 is 0. The molecule has 1 rings (SSSR count). The molecular weight excluding hydrogens is 257 g/mol. The summed E-state index contributed by atoms with van der Waals surface area (Å²) in [4.78, 5) is 3.81. The number of hydrogen-bond donors (Lipinski definition) is 1. The Morgan fingerprint density at radius 3 is 2.68 bits per heavy atom. The molecule has 0 saturated heterocycles. The van der Waals surface area contributed by atoms with Crippen LogP contribution in [0.5, 0.6) is 0 Å². The maximum atomic E-state index is 13.0. The van der Waals surface area contributed by atoms with Crippen molar-refractivity contribution in [1.29, 1.82) is 0 Å². The van der Waals surface area contributed by atoms with Crippen molar-refractivity contribution in [3.8, 4) is 0 Å². The van der Waals surface area contributed by atoms with Crippen LogP contribution in [0, 0.1) is 0 Å². The zero-order valence-corrected chi connectivity index (χ0v) is 11.1. The van der Waals surface area contributed by atoms with E-state index in [1.54, 1.807) is 0 Å². The first-order valence-corrected chi connectivity index (χ1v) is 6.32. The molecule has 108 valence electrons. The van der Waals surface area contributed by atoms with Gasteiger partial charge in [0.05, 0.1) is 5.56 Å². The molecule has 0 saturated carbocycles. The highest BCUT2D eigenvalue weighted by atomic mass is 19.4. The van der Waals surface area contributed by atoms with Crippen LogP contribution in [-0.2, 0) is 10.9 Å². The zero-order valence-electron chi connectivity index (χ0n) is 11.1. The molecule has 1 aromatic rings. The Bertz CT molecular complexity index is 382. The molecule has 0 aliphatic carbocycles. The van der Waals surface area contributed by atoms with E-state index in [0.717, 1.165) is 12.3 Å². The molecule has 0 bridgehead atoms. The van der Waals surface area contributed by atoms with Crippen LogP contribution in [0.15, 0.2) is 18.5 Å². The van der Waals surface area contributed by atoms with Crippen molar-refractivity contribution in [3.63, 3.8) is 0 Å². The summed E-state index contributed by atoms with van der Waals surface area (Å²) in [7, 11) is 0. The van der Waals surface area contributed by atoms with Crippen LogP contribution in [0.1, 0.15) is 37.4 Å². The number of pyridine rings is 1. The van der Waals surface area contributed by atoms with Gasteiger partial charge in [-0.25, -0.2) is 0 Å². The van der Waals surface area contributed by atoms with Crippen LogP contribution in [0.3, 0.4) is 0 Å². The van der Waals surface area contributed by atoms with E-state index in [2.05, 4.69) is 10.3 Å². The predicted octanol–water partition coefficient (Wildman–Crippen LogP) is 3.18. The first kappa shape index (κ1) is 15.9. The smallest absolute Gasteiger partial charge is 0.382 e. The van der Waals surface area contributed by atoms with Gasteiger partial charge in [0.15, 0.2) is 0 Å². The fraction of sp³-hybridized carbons (Fsp3) is 0.615. The number of nitrogens with zero attached hydrogens (tertiary/aromatic N) is 1. The number of ether oxygens (including phenoxy) is 1. The fourth-order valence-corrected chi connectivity index (χ4v) is 1.90. The van der Waals surface area contributed by atoms with Crippen molar-refractivity contribution in [3.05, 3.63) is 29.6 Å². The SMILES string of the molecule is CCNC(CCOCC)c1cnccc1C(F)(F)F. The predicted molar refractivity (Wildman–Crippen MR) is 66.8 cm³/mol. The van der Waals surface area contributed by atoms with Gasteiger partial charge in [-0.2, -0.15) is 13.2 Å². The molecule has 3 nitrogen and oxygen atoms in total. The standard InChI is InChI=1S/C13H19F3N2O/c1-3-18-12(6-8-19-4-2)10-9-17-7-5-11(10)13(14,15)16/h5,7,9,12,18H,3-4,6,8H2,1-2H3. The molecule has 0 aliphatic heterocycles. The summed E-state index contributed by atoms with van der Waals surface area (Å²) in [5.74, 6) is 0. The number of alkyl halides is 3. The van der Waals surface area contributed by atoms with E-state index in [4.69, 9.17) is 4.74 Å². The van der Waals surface area contributed by atoms with E-state index < -0.39 is 17.8 Å². The lowest BCUT2D eigenvalue weighted by atomic mass is 10.00. The van der Waals surface area contributed by atoms with Crippen LogP contribution in [-0.4, -0.2) is 24.7 Å². The van der Waals surface area contributed by atoms with Gasteiger partial charge in [0.1, 0.15) is 0 Å². The lowest BCUT2D eigenvalue weighted by Crippen LogP contribution is -2.25. The molecule has 6 heteroatoms. The number of hydrogen-bond acceptors (Lipinski definition) is 3. The Morgan fingerprint density at radius 1 is 1.37 bits per heavy atom. The largest absolute Gasteiger partial charge is 0.416 e. The van der Waals surface area contributed by atoms with Gasteiger partial charge in [-0.1, -0.05) is 6.92 Å². The van der Waals surface area contributed by atoms with Crippen LogP contribution in [0.25, 0.3) is 0 Å². The van der Waals surface area contributed by atoms with Crippen molar-refractivity contribution in [2.75, 3.05) is 19.8 Å². The Kier molecular flexibility index (Phi) is 6.24. The van der Waals surface area contributed by atoms with Crippen molar-refractivity contribution in [1.82, 2.24) is 10.3 Å². The second kappa shape index (κ2) is 7.45. The average Bonchev–Trinajstić information content (AvgIpc) is 2.37. The van der Waals surface area contributed by atoms with E-state index in [1.807, 2.05) is 13.8 Å². The van der Waals surface area contributed by atoms with Gasteiger partial charge >= 0.3 is 6.18 Å². The minimum absolute atomic E-state index is 0.177. The number of nitrogens with one attached hydrogen (secondary N) is 1. The summed E-state index contributed by atoms with van der Waals surface area (Å²) in [6.07, 6.45) is -1.44. The molecule has 1 unspecified atom stereocenters. The molecule has 1 heterocycles. The third-order valence-corrected chi connectivity index (χ3v) is 2.74. The van der Waals surface area contributed by atoms with Gasteiger partial charge < -0.3 is 10.1 Å². The van der Waals surface area contributed by atoms with Crippen molar-refractivity contribution < 1.29 is 17.9 Å². The molecule has 0 amide bonds. The van der Waals surface area contributed by atoms with Crippen LogP contribution in [0.2, 0.25) is 0 Å². The van der Waals surface area contributed by atoms with E-state index in [9.17, 15) is 13.2 Å². The Balaban J connectivity index is 2.95. The molecule has 1 N–H and O–H groups in total. The normalized spacial score (nSPS) is 13.5. The number of rotatable bonds is 7. The first-order chi connectivity index (χ1) is 9.00. The van der Waals surface area contributed by atoms with Crippen LogP contribution in [0.4, 0.5) is 13.2 Å². The molecule has 1 aromatic heterocycles. The second-order valence-corrected chi connectivity index (χ2v) is 4.06. The maximum Gasteiger partial charge on any atom is 0.416 e. The van der Waals surface area contributed by atoms with E-state index in [0.29, 0.717) is 26.2 Å². The highest BCUT2D eigenvalue weighted by Gasteiger charge is 2.35. The summed E-state index contributed by atoms with van der Waals surface area (Å²) in [5, 5.41) is 3.05. The molecule has 0 fully saturated rings. The third kappa shape index (κ3) is 4.80. The van der Waals surface area contributed by atoms with Crippen molar-refractivity contribution >= 4 is 0 Å². The lowest BCUT2D eigenvalue weighted by Gasteiger charge is -2.21. The second-order valence-electron chi connectivity index (χ2n) is 4.06. The van der Waals surface area contributed by atoms with Crippen molar-refractivity contribution in [2.45, 2.75) is 32.5 Å². The lowest BCUT2D eigenvalue weighted by molar-refractivity contribution is -0.138. The molecular formula is C13H19F3N2O. The van der Waals surface area contributed by atoms with E-state index in [1.165, 1.54) is 6.20 Å². The third-order valence-electron chi connectivity index (χ3n) is 2.74. The van der Waals surface area contributed by atoms with Crippen LogP contribution >= 0.6 is 0 Å². The van der Waals surface area contributed by atoms with Crippen LogP contribution < -0.4 is 5.32 Å². The zero-order chi connectivity index (χ0) is 14.3. The van der Waals surface area contributed by atoms with Gasteiger partial charge in [0.25, 0.3) is 0 Å². The van der Waals surface area contributed by atoms with Crippen molar-refractivity contribution in [2.24, 2.45) is 0 Å². The molecule has 0 radical (unpaired) electrons. The number of halogens is 3. The van der Waals surface area contributed by atoms with Gasteiger partial charge in [-0.3, -0.25) is 4.98 Å². The monoisotopic (exact) mass is 276 g/mol. The highest BCUT2D eigenvalue weighted by Crippen LogP contribution is 2.34. The minimum atomic E-state index is -4.36. The summed E-state index contributed by atoms with van der Waals surface area (Å²) in [6.45, 7) is 5.27. The molecule has 1 atom stereocenters. The molecule has 0 spiro atoms. The Morgan fingerprint density at radius 2 is 2.11 bits per heavy atom. The number of aromatic nitrogens is 1. The van der Waals surface area contributed by atoms with Gasteiger partial charge in [-0.15, -0.1) is 0 Å². The summed E-state index contributed by atoms with van der Waals surface area (Å²) in [5.41, 5.74) is -0.457. The minimum Gasteiger partial charge on any atom is -0.382 e. The Hall–Kier alpha value is -1.14. The van der Waals surface area contributed by atoms with Gasteiger partial charge in [0.2, 0.25) is 0 Å². The van der Waals surface area contributed by atoms with Gasteiger partial charge in [0, 0.05) is 31.6 Å².